The lowest BCUT2D eigenvalue weighted by molar-refractivity contribution is 0.0481. The summed E-state index contributed by atoms with van der Waals surface area (Å²) in [6.07, 6.45) is 4.65. The van der Waals surface area contributed by atoms with Crippen LogP contribution in [-0.2, 0) is 6.54 Å². The molecule has 1 unspecified atom stereocenters. The topological polar surface area (TPSA) is 48.4 Å². The Bertz CT molecular complexity index is 431. The average Bonchev–Trinajstić information content (AvgIpc) is 2.51. The van der Waals surface area contributed by atoms with Crippen LogP contribution >= 0.6 is 0 Å². The van der Waals surface area contributed by atoms with Gasteiger partial charge in [0.05, 0.1) is 5.60 Å². The summed E-state index contributed by atoms with van der Waals surface area (Å²) < 4.78 is 0. The van der Waals surface area contributed by atoms with Gasteiger partial charge in [0.2, 0.25) is 0 Å². The van der Waals surface area contributed by atoms with Crippen LogP contribution in [0.15, 0.2) is 12.3 Å². The van der Waals surface area contributed by atoms with Crippen molar-refractivity contribution in [1.82, 2.24) is 10.3 Å². The SMILES string of the molecule is CNCc1cnc(N2CCCC(C)(O)CC2)c(C)c1. The van der Waals surface area contributed by atoms with Crippen LogP contribution in [0, 0.1) is 6.92 Å². The maximum Gasteiger partial charge on any atom is 0.131 e. The third kappa shape index (κ3) is 3.67. The van der Waals surface area contributed by atoms with E-state index in [-0.39, 0.29) is 0 Å². The molecule has 1 aliphatic rings. The summed E-state index contributed by atoms with van der Waals surface area (Å²) >= 11 is 0. The zero-order valence-corrected chi connectivity index (χ0v) is 12.2. The Morgan fingerprint density at radius 1 is 1.42 bits per heavy atom. The van der Waals surface area contributed by atoms with Gasteiger partial charge in [-0.2, -0.15) is 0 Å². The summed E-state index contributed by atoms with van der Waals surface area (Å²) in [6.45, 7) is 6.77. The summed E-state index contributed by atoms with van der Waals surface area (Å²) in [5.41, 5.74) is 1.91. The molecule has 106 valence electrons. The third-order valence-corrected chi connectivity index (χ3v) is 3.85. The minimum Gasteiger partial charge on any atom is -0.390 e. The number of pyridine rings is 1. The number of nitrogens with one attached hydrogen (secondary N) is 1. The van der Waals surface area contributed by atoms with Crippen LogP contribution in [0.4, 0.5) is 5.82 Å². The molecule has 0 radical (unpaired) electrons. The highest BCUT2D eigenvalue weighted by Crippen LogP contribution is 2.26. The lowest BCUT2D eigenvalue weighted by Gasteiger charge is -2.25. The van der Waals surface area contributed by atoms with Crippen molar-refractivity contribution in [2.24, 2.45) is 0 Å². The summed E-state index contributed by atoms with van der Waals surface area (Å²) in [7, 11) is 1.94. The van der Waals surface area contributed by atoms with Gasteiger partial charge in [-0.1, -0.05) is 0 Å². The number of rotatable bonds is 3. The van der Waals surface area contributed by atoms with Gasteiger partial charge in [-0.25, -0.2) is 4.98 Å². The van der Waals surface area contributed by atoms with Crippen LogP contribution in [0.3, 0.4) is 0 Å². The molecule has 4 heteroatoms. The highest BCUT2D eigenvalue weighted by atomic mass is 16.3. The van der Waals surface area contributed by atoms with E-state index in [9.17, 15) is 5.11 Å². The maximum absolute atomic E-state index is 10.1. The first-order valence-electron chi connectivity index (χ1n) is 7.09. The molecule has 1 fully saturated rings. The Kier molecular flexibility index (Phi) is 4.42. The number of aryl methyl sites for hydroxylation is 1. The van der Waals surface area contributed by atoms with Gasteiger partial charge in [0, 0.05) is 25.8 Å². The second kappa shape index (κ2) is 5.88. The summed E-state index contributed by atoms with van der Waals surface area (Å²) in [6, 6.07) is 2.20. The van der Waals surface area contributed by atoms with E-state index in [0.717, 1.165) is 44.7 Å². The molecule has 2 N–H and O–H groups in total. The van der Waals surface area contributed by atoms with Gasteiger partial charge in [-0.15, -0.1) is 0 Å². The van der Waals surface area contributed by atoms with Gasteiger partial charge in [-0.05, 0) is 57.4 Å². The zero-order valence-electron chi connectivity index (χ0n) is 12.2. The Hall–Kier alpha value is -1.13. The fourth-order valence-electron chi connectivity index (χ4n) is 2.73. The van der Waals surface area contributed by atoms with Crippen molar-refractivity contribution in [2.45, 2.75) is 45.3 Å². The average molecular weight is 263 g/mol. The first kappa shape index (κ1) is 14.3. The molecule has 2 rings (SSSR count). The van der Waals surface area contributed by atoms with Crippen LogP contribution in [0.25, 0.3) is 0 Å². The highest BCUT2D eigenvalue weighted by molar-refractivity contribution is 5.47. The Labute approximate surface area is 115 Å². The summed E-state index contributed by atoms with van der Waals surface area (Å²) in [4.78, 5) is 6.92. The van der Waals surface area contributed by atoms with Gasteiger partial charge in [0.25, 0.3) is 0 Å². The first-order chi connectivity index (χ1) is 9.02. The number of hydrogen-bond donors (Lipinski definition) is 2. The Morgan fingerprint density at radius 3 is 2.89 bits per heavy atom. The molecule has 1 aliphatic heterocycles. The minimum absolute atomic E-state index is 0.519. The number of aromatic nitrogens is 1. The molecule has 2 heterocycles. The predicted molar refractivity (Wildman–Crippen MR) is 78.4 cm³/mol. The van der Waals surface area contributed by atoms with Crippen molar-refractivity contribution < 1.29 is 5.11 Å². The van der Waals surface area contributed by atoms with E-state index < -0.39 is 5.60 Å². The zero-order chi connectivity index (χ0) is 13.9. The molecule has 0 aromatic carbocycles. The molecule has 1 aromatic heterocycles. The fourth-order valence-corrected chi connectivity index (χ4v) is 2.73. The number of anilines is 1. The van der Waals surface area contributed by atoms with Gasteiger partial charge in [-0.3, -0.25) is 0 Å². The number of aliphatic hydroxyl groups is 1. The molecule has 4 nitrogen and oxygen atoms in total. The largest absolute Gasteiger partial charge is 0.390 e. The first-order valence-corrected chi connectivity index (χ1v) is 7.09. The maximum atomic E-state index is 10.1. The molecular formula is C15H25N3O. The molecular weight excluding hydrogens is 238 g/mol. The Balaban J connectivity index is 2.13. The Morgan fingerprint density at radius 2 is 2.21 bits per heavy atom. The smallest absolute Gasteiger partial charge is 0.131 e. The summed E-state index contributed by atoms with van der Waals surface area (Å²) in [5.74, 6) is 1.07. The van der Waals surface area contributed by atoms with E-state index in [1.807, 2.05) is 20.2 Å². The van der Waals surface area contributed by atoms with E-state index >= 15 is 0 Å². The van der Waals surface area contributed by atoms with Crippen LogP contribution in [-0.4, -0.2) is 35.8 Å². The van der Waals surface area contributed by atoms with Crippen LogP contribution < -0.4 is 10.2 Å². The molecule has 1 aromatic rings. The van der Waals surface area contributed by atoms with Gasteiger partial charge < -0.3 is 15.3 Å². The second-order valence-electron chi connectivity index (χ2n) is 5.85. The number of hydrogen-bond acceptors (Lipinski definition) is 4. The quantitative estimate of drug-likeness (QED) is 0.874. The van der Waals surface area contributed by atoms with Crippen molar-refractivity contribution in [1.29, 1.82) is 0 Å². The number of nitrogens with zero attached hydrogens (tertiary/aromatic N) is 2. The van der Waals surface area contributed by atoms with Crippen molar-refractivity contribution >= 4 is 5.82 Å². The fraction of sp³-hybridized carbons (Fsp3) is 0.667. The molecule has 0 spiro atoms. The second-order valence-corrected chi connectivity index (χ2v) is 5.85. The monoisotopic (exact) mass is 263 g/mol. The van der Waals surface area contributed by atoms with Crippen molar-refractivity contribution in [3.63, 3.8) is 0 Å². The van der Waals surface area contributed by atoms with Crippen molar-refractivity contribution in [3.05, 3.63) is 23.4 Å². The molecule has 1 saturated heterocycles. The van der Waals surface area contributed by atoms with Crippen molar-refractivity contribution in [3.8, 4) is 0 Å². The van der Waals surface area contributed by atoms with Crippen molar-refractivity contribution in [2.75, 3.05) is 25.0 Å². The molecule has 0 saturated carbocycles. The molecule has 0 amide bonds. The standard InChI is InChI=1S/C15H25N3O/c1-12-9-13(10-16-3)11-17-14(12)18-7-4-5-15(2,19)6-8-18/h9,11,16,19H,4-8,10H2,1-3H3. The van der Waals surface area contributed by atoms with E-state index in [1.54, 1.807) is 0 Å². The molecule has 1 atom stereocenters. The highest BCUT2D eigenvalue weighted by Gasteiger charge is 2.25. The summed E-state index contributed by atoms with van der Waals surface area (Å²) in [5, 5.41) is 13.3. The van der Waals surface area contributed by atoms with E-state index in [4.69, 9.17) is 0 Å². The molecule has 0 bridgehead atoms. The third-order valence-electron chi connectivity index (χ3n) is 3.85. The van der Waals surface area contributed by atoms with Crippen LogP contribution in [0.1, 0.15) is 37.3 Å². The predicted octanol–water partition coefficient (Wildman–Crippen LogP) is 1.85. The normalized spacial score (nSPS) is 24.3. The van der Waals surface area contributed by atoms with Gasteiger partial charge >= 0.3 is 0 Å². The van der Waals surface area contributed by atoms with Gasteiger partial charge in [0.1, 0.15) is 5.82 Å². The van der Waals surface area contributed by atoms with Crippen LogP contribution in [0.2, 0.25) is 0 Å². The lowest BCUT2D eigenvalue weighted by atomic mass is 9.98. The molecule has 0 aliphatic carbocycles. The minimum atomic E-state index is -0.519. The van der Waals surface area contributed by atoms with Gasteiger partial charge in [0.15, 0.2) is 0 Å². The lowest BCUT2D eigenvalue weighted by Crippen LogP contribution is -2.29. The van der Waals surface area contributed by atoms with E-state index in [1.165, 1.54) is 11.1 Å². The van der Waals surface area contributed by atoms with Crippen LogP contribution in [0.5, 0.6) is 0 Å². The van der Waals surface area contributed by atoms with E-state index in [0.29, 0.717) is 0 Å². The van der Waals surface area contributed by atoms with E-state index in [2.05, 4.69) is 28.2 Å². The molecule has 19 heavy (non-hydrogen) atoms.